The second kappa shape index (κ2) is 9.20. The van der Waals surface area contributed by atoms with Crippen molar-refractivity contribution >= 4 is 35.2 Å². The summed E-state index contributed by atoms with van der Waals surface area (Å²) in [5.74, 6) is -2.65. The van der Waals surface area contributed by atoms with E-state index in [1.807, 2.05) is 12.2 Å². The summed E-state index contributed by atoms with van der Waals surface area (Å²) < 4.78 is 10.0. The Kier molecular flexibility index (Phi) is 6.17. The van der Waals surface area contributed by atoms with Crippen molar-refractivity contribution in [3.05, 3.63) is 71.8 Å². The summed E-state index contributed by atoms with van der Waals surface area (Å²) in [7, 11) is 0. The van der Waals surface area contributed by atoms with Crippen LogP contribution in [0.5, 0.6) is 5.75 Å². The normalized spacial score (nSPS) is 19.2. The number of imide groups is 1. The highest BCUT2D eigenvalue weighted by atomic mass is 16.5. The predicted octanol–water partition coefficient (Wildman–Crippen LogP) is 3.11. The summed E-state index contributed by atoms with van der Waals surface area (Å²) in [6.07, 6.45) is 4.87. The molecule has 0 bridgehead atoms. The Bertz CT molecular complexity index is 1140. The maximum absolute atomic E-state index is 12.8. The molecule has 2 atom stereocenters. The highest BCUT2D eigenvalue weighted by molar-refractivity contribution is 6.22. The van der Waals surface area contributed by atoms with E-state index in [0.717, 1.165) is 4.90 Å². The van der Waals surface area contributed by atoms with E-state index >= 15 is 0 Å². The summed E-state index contributed by atoms with van der Waals surface area (Å²) in [5, 5.41) is 0. The van der Waals surface area contributed by atoms with Gasteiger partial charge in [0.15, 0.2) is 12.4 Å². The number of Topliss-reactive ketones (excluding diaryl/α,β-unsaturated/α-hetero) is 1. The zero-order valence-electron chi connectivity index (χ0n) is 17.9. The monoisotopic (exact) mass is 447 g/mol. The third-order valence-electron chi connectivity index (χ3n) is 5.62. The van der Waals surface area contributed by atoms with Gasteiger partial charge in [0.2, 0.25) is 11.8 Å². The Balaban J connectivity index is 1.41. The summed E-state index contributed by atoms with van der Waals surface area (Å²) in [6, 6.07) is 11.9. The van der Waals surface area contributed by atoms with Crippen molar-refractivity contribution in [3.8, 4) is 5.75 Å². The zero-order valence-corrected chi connectivity index (χ0v) is 17.9. The number of nitrogens with zero attached hydrogens (tertiary/aromatic N) is 1. The molecule has 0 saturated carbocycles. The summed E-state index contributed by atoms with van der Waals surface area (Å²) >= 11 is 0. The fourth-order valence-electron chi connectivity index (χ4n) is 4.00. The number of hydrogen-bond donors (Lipinski definition) is 0. The lowest BCUT2D eigenvalue weighted by atomic mass is 9.85. The van der Waals surface area contributed by atoms with Crippen LogP contribution in [0.1, 0.15) is 40.5 Å². The van der Waals surface area contributed by atoms with Gasteiger partial charge in [0.1, 0.15) is 5.75 Å². The SMILES string of the molecule is CC(=O)Oc1ccc(C(=O)COC(=O)c2cccc(N3C(=O)[C@H]4CC=CC[C@H]4C3=O)c2)cc1. The molecule has 1 saturated heterocycles. The molecule has 1 fully saturated rings. The van der Waals surface area contributed by atoms with Gasteiger partial charge in [-0.2, -0.15) is 0 Å². The number of carbonyl (C=O) groups is 5. The fraction of sp³-hybridized carbons (Fsp3) is 0.240. The molecule has 1 heterocycles. The van der Waals surface area contributed by atoms with Gasteiger partial charge in [0, 0.05) is 12.5 Å². The van der Waals surface area contributed by atoms with Crippen LogP contribution in [0.3, 0.4) is 0 Å². The van der Waals surface area contributed by atoms with E-state index in [4.69, 9.17) is 9.47 Å². The number of ether oxygens (including phenoxy) is 2. The Morgan fingerprint density at radius 3 is 2.15 bits per heavy atom. The molecule has 33 heavy (non-hydrogen) atoms. The van der Waals surface area contributed by atoms with E-state index in [1.54, 1.807) is 12.1 Å². The lowest BCUT2D eigenvalue weighted by Gasteiger charge is -2.15. The molecule has 2 aliphatic rings. The third-order valence-corrected chi connectivity index (χ3v) is 5.62. The molecule has 168 valence electrons. The van der Waals surface area contributed by atoms with Crippen molar-refractivity contribution < 1.29 is 33.4 Å². The van der Waals surface area contributed by atoms with Gasteiger partial charge in [-0.25, -0.2) is 4.79 Å². The minimum atomic E-state index is -0.750. The number of hydrogen-bond acceptors (Lipinski definition) is 7. The highest BCUT2D eigenvalue weighted by Crippen LogP contribution is 2.37. The van der Waals surface area contributed by atoms with Gasteiger partial charge in [-0.1, -0.05) is 18.2 Å². The Morgan fingerprint density at radius 1 is 0.909 bits per heavy atom. The molecule has 1 aliphatic carbocycles. The fourth-order valence-corrected chi connectivity index (χ4v) is 4.00. The Morgan fingerprint density at radius 2 is 1.55 bits per heavy atom. The van der Waals surface area contributed by atoms with E-state index in [2.05, 4.69) is 0 Å². The number of benzene rings is 2. The number of amides is 2. The van der Waals surface area contributed by atoms with E-state index < -0.39 is 24.3 Å². The van der Waals surface area contributed by atoms with Gasteiger partial charge >= 0.3 is 11.9 Å². The number of allylic oxidation sites excluding steroid dienone is 2. The van der Waals surface area contributed by atoms with Gasteiger partial charge < -0.3 is 9.47 Å². The molecule has 1 aliphatic heterocycles. The third kappa shape index (κ3) is 4.59. The van der Waals surface area contributed by atoms with E-state index in [9.17, 15) is 24.0 Å². The van der Waals surface area contributed by atoms with Crippen molar-refractivity contribution in [2.75, 3.05) is 11.5 Å². The first-order valence-corrected chi connectivity index (χ1v) is 10.5. The largest absolute Gasteiger partial charge is 0.454 e. The van der Waals surface area contributed by atoms with Crippen LogP contribution >= 0.6 is 0 Å². The van der Waals surface area contributed by atoms with Crippen molar-refractivity contribution in [2.45, 2.75) is 19.8 Å². The van der Waals surface area contributed by atoms with Gasteiger partial charge in [0.05, 0.1) is 23.1 Å². The number of anilines is 1. The molecule has 0 aromatic heterocycles. The van der Waals surface area contributed by atoms with Crippen LogP contribution in [-0.4, -0.2) is 36.1 Å². The quantitative estimate of drug-likeness (QED) is 0.220. The van der Waals surface area contributed by atoms with Crippen LogP contribution < -0.4 is 9.64 Å². The standard InChI is InChI=1S/C25H21NO7/c1-15(27)33-19-11-9-16(10-12-19)22(28)14-32-25(31)17-5-4-6-18(13-17)26-23(29)20-7-2-3-8-21(20)24(26)30/h2-6,9-13,20-21H,7-8,14H2,1H3/t20-,21+. The second-order valence-corrected chi connectivity index (χ2v) is 7.84. The molecule has 2 aromatic rings. The molecule has 0 spiro atoms. The molecule has 0 radical (unpaired) electrons. The summed E-state index contributed by atoms with van der Waals surface area (Å²) in [4.78, 5) is 62.5. The maximum atomic E-state index is 12.8. The van der Waals surface area contributed by atoms with Gasteiger partial charge in [-0.15, -0.1) is 0 Å². The number of rotatable bonds is 6. The number of ketones is 1. The maximum Gasteiger partial charge on any atom is 0.338 e. The van der Waals surface area contributed by atoms with Crippen molar-refractivity contribution in [2.24, 2.45) is 11.8 Å². The van der Waals surface area contributed by atoms with Gasteiger partial charge in [-0.05, 0) is 55.3 Å². The molecule has 2 amide bonds. The first-order valence-electron chi connectivity index (χ1n) is 10.5. The van der Waals surface area contributed by atoms with E-state index in [1.165, 1.54) is 43.3 Å². The Hall–Kier alpha value is -4.07. The molecule has 8 nitrogen and oxygen atoms in total. The lowest BCUT2D eigenvalue weighted by molar-refractivity contribution is -0.132. The molecule has 2 aromatic carbocycles. The van der Waals surface area contributed by atoms with Gasteiger partial charge in [-0.3, -0.25) is 24.1 Å². The first kappa shape index (κ1) is 22.1. The molecule has 0 unspecified atom stereocenters. The zero-order chi connectivity index (χ0) is 23.5. The highest BCUT2D eigenvalue weighted by Gasteiger charge is 2.47. The average molecular weight is 447 g/mol. The average Bonchev–Trinajstić information content (AvgIpc) is 3.07. The summed E-state index contributed by atoms with van der Waals surface area (Å²) in [5.41, 5.74) is 0.720. The second-order valence-electron chi connectivity index (χ2n) is 7.84. The first-order chi connectivity index (χ1) is 15.8. The predicted molar refractivity (Wildman–Crippen MR) is 117 cm³/mol. The number of carbonyl (C=O) groups excluding carboxylic acids is 5. The van der Waals surface area contributed by atoms with Crippen molar-refractivity contribution in [1.82, 2.24) is 0 Å². The van der Waals surface area contributed by atoms with E-state index in [-0.39, 0.29) is 34.8 Å². The Labute approximate surface area is 189 Å². The van der Waals surface area contributed by atoms with E-state index in [0.29, 0.717) is 24.3 Å². The van der Waals surface area contributed by atoms with Crippen LogP contribution in [0.4, 0.5) is 5.69 Å². The van der Waals surface area contributed by atoms with Crippen LogP contribution in [0.15, 0.2) is 60.7 Å². The van der Waals surface area contributed by atoms with Crippen LogP contribution in [0.25, 0.3) is 0 Å². The van der Waals surface area contributed by atoms with Crippen LogP contribution in [0.2, 0.25) is 0 Å². The van der Waals surface area contributed by atoms with Crippen LogP contribution in [0, 0.1) is 11.8 Å². The molecule has 4 rings (SSSR count). The molecule has 0 N–H and O–H groups in total. The van der Waals surface area contributed by atoms with Crippen molar-refractivity contribution in [3.63, 3.8) is 0 Å². The minimum absolute atomic E-state index is 0.124. The van der Waals surface area contributed by atoms with Crippen molar-refractivity contribution in [1.29, 1.82) is 0 Å². The number of esters is 2. The van der Waals surface area contributed by atoms with Crippen LogP contribution in [-0.2, 0) is 19.1 Å². The number of fused-ring (bicyclic) bond motifs is 1. The summed E-state index contributed by atoms with van der Waals surface area (Å²) in [6.45, 7) is 0.778. The molecular weight excluding hydrogens is 426 g/mol. The topological polar surface area (TPSA) is 107 Å². The minimum Gasteiger partial charge on any atom is -0.454 e. The molecular formula is C25H21NO7. The smallest absolute Gasteiger partial charge is 0.338 e. The lowest BCUT2D eigenvalue weighted by Crippen LogP contribution is -2.31. The molecule has 8 heteroatoms. The van der Waals surface area contributed by atoms with Gasteiger partial charge in [0.25, 0.3) is 0 Å².